The van der Waals surface area contributed by atoms with Crippen LogP contribution in [0.4, 0.5) is 26.3 Å². The van der Waals surface area contributed by atoms with Crippen LogP contribution in [0.15, 0.2) is 49.1 Å². The summed E-state index contributed by atoms with van der Waals surface area (Å²) in [5.74, 6) is -0.00643. The summed E-state index contributed by atoms with van der Waals surface area (Å²) < 4.78 is 93.0. The van der Waals surface area contributed by atoms with Gasteiger partial charge >= 0.3 is 12.4 Å². The number of methoxy groups -OCH3 is 1. The van der Waals surface area contributed by atoms with Crippen LogP contribution >= 0.6 is 0 Å². The molecule has 3 heterocycles. The summed E-state index contributed by atoms with van der Waals surface area (Å²) in [6.07, 6.45) is -6.72. The number of hydrogen-bond donors (Lipinski definition) is 0. The molecule has 1 atom stereocenters. The van der Waals surface area contributed by atoms with Crippen LogP contribution in [-0.4, -0.2) is 42.8 Å². The molecule has 8 nitrogen and oxygen atoms in total. The Bertz CT molecular complexity index is 1480. The van der Waals surface area contributed by atoms with Gasteiger partial charge in [-0.3, -0.25) is 0 Å². The molecule has 3 aromatic heterocycles. The van der Waals surface area contributed by atoms with E-state index in [2.05, 4.69) is 24.9 Å². The molecule has 14 heteroatoms. The number of aromatic nitrogens is 6. The second-order valence-corrected chi connectivity index (χ2v) is 8.86. The summed E-state index contributed by atoms with van der Waals surface area (Å²) in [4.78, 5) is 20.3. The highest BCUT2D eigenvalue weighted by Gasteiger charge is 2.43. The molecular weight excluding hydrogens is 530 g/mol. The summed E-state index contributed by atoms with van der Waals surface area (Å²) >= 11 is 0. The van der Waals surface area contributed by atoms with E-state index in [1.165, 1.54) is 44.9 Å². The molecule has 0 bridgehead atoms. The molecule has 0 N–H and O–H groups in total. The number of imidazole rings is 1. The number of rotatable bonds is 7. The molecule has 1 fully saturated rings. The van der Waals surface area contributed by atoms with E-state index in [4.69, 9.17) is 9.47 Å². The maximum absolute atomic E-state index is 14.1. The average Bonchev–Trinajstić information content (AvgIpc) is 3.66. The highest BCUT2D eigenvalue weighted by atomic mass is 19.4. The predicted octanol–water partition coefficient (Wildman–Crippen LogP) is 5.92. The molecule has 39 heavy (non-hydrogen) atoms. The number of benzene rings is 1. The van der Waals surface area contributed by atoms with Crippen LogP contribution in [0.25, 0.3) is 22.8 Å². The highest BCUT2D eigenvalue weighted by molar-refractivity contribution is 5.66. The topological polar surface area (TPSA) is 87.8 Å². The van der Waals surface area contributed by atoms with Crippen molar-refractivity contribution in [1.82, 2.24) is 29.5 Å². The molecule has 1 saturated carbocycles. The lowest BCUT2D eigenvalue weighted by atomic mass is 10.1. The highest BCUT2D eigenvalue weighted by Crippen LogP contribution is 2.45. The van der Waals surface area contributed by atoms with Crippen molar-refractivity contribution >= 4 is 0 Å². The van der Waals surface area contributed by atoms with Crippen LogP contribution in [0.2, 0.25) is 0 Å². The van der Waals surface area contributed by atoms with Gasteiger partial charge in [-0.25, -0.2) is 19.9 Å². The van der Waals surface area contributed by atoms with Crippen LogP contribution < -0.4 is 9.47 Å². The molecule has 0 radical (unpaired) electrons. The molecule has 5 rings (SSSR count). The molecule has 0 aliphatic heterocycles. The smallest absolute Gasteiger partial charge is 0.434 e. The Morgan fingerprint density at radius 3 is 2.26 bits per heavy atom. The summed E-state index contributed by atoms with van der Waals surface area (Å²) in [5, 5.41) is 0. The van der Waals surface area contributed by atoms with E-state index in [0.717, 1.165) is 35.7 Å². The van der Waals surface area contributed by atoms with Crippen LogP contribution in [0.3, 0.4) is 0 Å². The van der Waals surface area contributed by atoms with Gasteiger partial charge in [-0.1, -0.05) is 24.3 Å². The monoisotopic (exact) mass is 550 g/mol. The van der Waals surface area contributed by atoms with E-state index in [9.17, 15) is 26.3 Å². The molecular formula is C25H20F6N6O2. The van der Waals surface area contributed by atoms with Gasteiger partial charge in [-0.2, -0.15) is 31.3 Å². The third-order valence-electron chi connectivity index (χ3n) is 6.03. The van der Waals surface area contributed by atoms with Crippen molar-refractivity contribution in [2.45, 2.75) is 37.2 Å². The maximum Gasteiger partial charge on any atom is 0.434 e. The molecule has 1 unspecified atom stereocenters. The van der Waals surface area contributed by atoms with Crippen molar-refractivity contribution in [3.05, 3.63) is 66.0 Å². The molecule has 204 valence electrons. The van der Waals surface area contributed by atoms with Gasteiger partial charge in [0.1, 0.15) is 17.7 Å². The Balaban J connectivity index is 1.45. The van der Waals surface area contributed by atoms with Crippen molar-refractivity contribution in [1.29, 1.82) is 0 Å². The number of ether oxygens (including phenoxy) is 2. The fraction of sp³-hybridized carbons (Fsp3) is 0.320. The van der Waals surface area contributed by atoms with Crippen LogP contribution in [0.5, 0.6) is 11.8 Å². The van der Waals surface area contributed by atoms with Gasteiger partial charge in [-0.05, 0) is 12.8 Å². The minimum absolute atomic E-state index is 0.0516. The van der Waals surface area contributed by atoms with Crippen molar-refractivity contribution in [2.24, 2.45) is 7.05 Å². The van der Waals surface area contributed by atoms with Gasteiger partial charge in [0.05, 0.1) is 12.8 Å². The van der Waals surface area contributed by atoms with Gasteiger partial charge in [0.2, 0.25) is 17.9 Å². The van der Waals surface area contributed by atoms with Crippen molar-refractivity contribution in [3.63, 3.8) is 0 Å². The first-order valence-electron chi connectivity index (χ1n) is 11.6. The first-order valence-corrected chi connectivity index (χ1v) is 11.6. The second kappa shape index (κ2) is 9.82. The maximum atomic E-state index is 14.1. The standard InChI is InChI=1S/C25H20F6N6O2/c1-37-11-16(24(26,27)28)35-22(37)15-7-5-14(6-8-15)20(25(29,30)31)39-17-9-10-32-21(36-17)18-19(13-3-4-13)33-12-34-23(18)38-2/h5-13,20H,3-4H2,1-2H3. The average molecular weight is 550 g/mol. The number of nitrogens with zero attached hydrogens (tertiary/aromatic N) is 6. The third kappa shape index (κ3) is 5.49. The van der Waals surface area contributed by atoms with E-state index < -0.39 is 24.2 Å². The molecule has 1 aliphatic carbocycles. The largest absolute Gasteiger partial charge is 0.480 e. The Morgan fingerprint density at radius 2 is 1.67 bits per heavy atom. The van der Waals surface area contributed by atoms with Crippen LogP contribution in [-0.2, 0) is 13.2 Å². The minimum Gasteiger partial charge on any atom is -0.480 e. The fourth-order valence-electron chi connectivity index (χ4n) is 4.06. The van der Waals surface area contributed by atoms with Crippen molar-refractivity contribution < 1.29 is 35.8 Å². The lowest BCUT2D eigenvalue weighted by molar-refractivity contribution is -0.198. The first-order chi connectivity index (χ1) is 18.5. The molecule has 0 amide bonds. The molecule has 1 aliphatic rings. The van der Waals surface area contributed by atoms with Gasteiger partial charge < -0.3 is 14.0 Å². The van der Waals surface area contributed by atoms with Crippen LogP contribution in [0.1, 0.15) is 41.8 Å². The SMILES string of the molecule is COc1ncnc(C2CC2)c1-c1nccc(OC(c2ccc(-c3nc(C(F)(F)F)cn3C)cc2)C(F)(F)F)n1. The summed E-state index contributed by atoms with van der Waals surface area (Å²) in [6.45, 7) is 0. The summed E-state index contributed by atoms with van der Waals surface area (Å²) in [6, 6.07) is 5.93. The van der Waals surface area contributed by atoms with Gasteiger partial charge in [0.15, 0.2) is 11.5 Å². The number of aryl methyl sites for hydroxylation is 1. The fourth-order valence-corrected chi connectivity index (χ4v) is 4.06. The Kier molecular flexibility index (Phi) is 6.64. The first kappa shape index (κ1) is 26.4. The number of alkyl halides is 6. The third-order valence-corrected chi connectivity index (χ3v) is 6.03. The summed E-state index contributed by atoms with van der Waals surface area (Å²) in [5.41, 5.74) is -0.161. The lowest BCUT2D eigenvalue weighted by Crippen LogP contribution is -2.26. The van der Waals surface area contributed by atoms with Gasteiger partial charge in [0.25, 0.3) is 0 Å². The van der Waals surface area contributed by atoms with Gasteiger partial charge in [-0.15, -0.1) is 0 Å². The van der Waals surface area contributed by atoms with Gasteiger partial charge in [0, 0.05) is 42.6 Å². The minimum atomic E-state index is -4.84. The lowest BCUT2D eigenvalue weighted by Gasteiger charge is -2.22. The molecule has 4 aromatic rings. The van der Waals surface area contributed by atoms with Crippen molar-refractivity contribution in [3.8, 4) is 34.5 Å². The molecule has 0 saturated heterocycles. The summed E-state index contributed by atoms with van der Waals surface area (Å²) in [7, 11) is 2.77. The van der Waals surface area contributed by atoms with E-state index in [1.54, 1.807) is 0 Å². The zero-order valence-corrected chi connectivity index (χ0v) is 20.5. The van der Waals surface area contributed by atoms with E-state index >= 15 is 0 Å². The Labute approximate surface area is 217 Å². The number of hydrogen-bond acceptors (Lipinski definition) is 7. The van der Waals surface area contributed by atoms with E-state index in [0.29, 0.717) is 11.3 Å². The Morgan fingerprint density at radius 1 is 0.949 bits per heavy atom. The zero-order valence-electron chi connectivity index (χ0n) is 20.5. The molecule has 0 spiro atoms. The number of halogens is 6. The Hall–Kier alpha value is -4.23. The van der Waals surface area contributed by atoms with E-state index in [-0.39, 0.29) is 40.5 Å². The predicted molar refractivity (Wildman–Crippen MR) is 125 cm³/mol. The van der Waals surface area contributed by atoms with E-state index in [1.807, 2.05) is 0 Å². The zero-order chi connectivity index (χ0) is 27.9. The second-order valence-electron chi connectivity index (χ2n) is 8.86. The normalized spacial score (nSPS) is 14.8. The molecule has 1 aromatic carbocycles. The van der Waals surface area contributed by atoms with Crippen LogP contribution in [0, 0.1) is 0 Å². The van der Waals surface area contributed by atoms with Crippen molar-refractivity contribution in [2.75, 3.05) is 7.11 Å². The quantitative estimate of drug-likeness (QED) is 0.264.